The smallest absolute Gasteiger partial charge is 0.320 e. The summed E-state index contributed by atoms with van der Waals surface area (Å²) in [4.78, 5) is 40.9. The van der Waals surface area contributed by atoms with Crippen molar-refractivity contribution in [2.24, 2.45) is 7.05 Å². The van der Waals surface area contributed by atoms with Gasteiger partial charge in [-0.2, -0.15) is 5.26 Å². The molecule has 2 fully saturated rings. The van der Waals surface area contributed by atoms with Crippen LogP contribution in [-0.2, 0) is 7.05 Å². The summed E-state index contributed by atoms with van der Waals surface area (Å²) >= 11 is 6.34. The Morgan fingerprint density at radius 2 is 1.71 bits per heavy atom. The highest BCUT2D eigenvalue weighted by molar-refractivity contribution is 6.31. The third-order valence-electron chi connectivity index (χ3n) is 7.10. The zero-order chi connectivity index (χ0) is 27.6. The van der Waals surface area contributed by atoms with E-state index >= 15 is 0 Å². The number of likely N-dealkylation sites (tertiary alicyclic amines) is 2. The van der Waals surface area contributed by atoms with Gasteiger partial charge in [0, 0.05) is 68.4 Å². The average molecular weight is 544 g/mol. The minimum Gasteiger partial charge on any atom is -0.324 e. The number of hydrogen-bond acceptors (Lipinski definition) is 4. The maximum absolute atomic E-state index is 13.4. The molecular weight excluding hydrogens is 516 g/mol. The lowest BCUT2D eigenvalue weighted by molar-refractivity contribution is -0.0492. The highest BCUT2D eigenvalue weighted by atomic mass is 35.5. The number of piperidine rings is 2. The van der Waals surface area contributed by atoms with Gasteiger partial charge >= 0.3 is 6.03 Å². The maximum Gasteiger partial charge on any atom is 0.320 e. The SMILES string of the molecule is Cc1c(C=C2CCN(C(=O)N3CCC(F)(F)CC3)CC2)cc(Cl)cc1NC(=O)c1cc(C#N)n(C)c(=O)c1. The van der Waals surface area contributed by atoms with Gasteiger partial charge in [-0.3, -0.25) is 9.59 Å². The van der Waals surface area contributed by atoms with E-state index in [0.717, 1.165) is 21.3 Å². The van der Waals surface area contributed by atoms with Gasteiger partial charge in [0.05, 0.1) is 0 Å². The number of benzene rings is 1. The Morgan fingerprint density at radius 3 is 2.34 bits per heavy atom. The molecule has 38 heavy (non-hydrogen) atoms. The second-order valence-electron chi connectivity index (χ2n) is 9.68. The molecule has 0 radical (unpaired) electrons. The largest absolute Gasteiger partial charge is 0.324 e. The Bertz CT molecular complexity index is 1390. The van der Waals surface area contributed by atoms with E-state index in [0.29, 0.717) is 36.6 Å². The minimum absolute atomic E-state index is 0.0661. The van der Waals surface area contributed by atoms with Crippen molar-refractivity contribution >= 4 is 35.3 Å². The number of nitrogens with zero attached hydrogens (tertiary/aromatic N) is 4. The van der Waals surface area contributed by atoms with Gasteiger partial charge < -0.3 is 19.7 Å². The number of rotatable bonds is 3. The van der Waals surface area contributed by atoms with Crippen molar-refractivity contribution in [1.29, 1.82) is 5.26 Å². The van der Waals surface area contributed by atoms with Gasteiger partial charge in [0.2, 0.25) is 0 Å². The molecule has 3 amide bonds. The van der Waals surface area contributed by atoms with Crippen molar-refractivity contribution in [2.75, 3.05) is 31.5 Å². The summed E-state index contributed by atoms with van der Waals surface area (Å²) in [5.74, 6) is -3.23. The monoisotopic (exact) mass is 543 g/mol. The summed E-state index contributed by atoms with van der Waals surface area (Å²) in [6, 6.07) is 7.63. The van der Waals surface area contributed by atoms with E-state index in [9.17, 15) is 28.4 Å². The molecular formula is C27H28ClF2N5O3. The zero-order valence-electron chi connectivity index (χ0n) is 21.2. The quantitative estimate of drug-likeness (QED) is 0.601. The first-order chi connectivity index (χ1) is 18.0. The molecule has 8 nitrogen and oxygen atoms in total. The molecule has 2 aromatic rings. The molecule has 2 aliphatic rings. The van der Waals surface area contributed by atoms with Crippen molar-refractivity contribution in [3.63, 3.8) is 0 Å². The molecule has 0 atom stereocenters. The number of nitrogens with one attached hydrogen (secondary N) is 1. The molecule has 0 unspecified atom stereocenters. The Morgan fingerprint density at radius 1 is 1.08 bits per heavy atom. The van der Waals surface area contributed by atoms with Crippen LogP contribution < -0.4 is 10.9 Å². The van der Waals surface area contributed by atoms with Crippen molar-refractivity contribution in [3.8, 4) is 6.07 Å². The zero-order valence-corrected chi connectivity index (χ0v) is 21.9. The second-order valence-corrected chi connectivity index (χ2v) is 10.1. The van der Waals surface area contributed by atoms with Crippen molar-refractivity contribution < 1.29 is 18.4 Å². The maximum atomic E-state index is 13.4. The van der Waals surface area contributed by atoms with Gasteiger partial charge in [-0.05, 0) is 49.1 Å². The van der Waals surface area contributed by atoms with E-state index in [1.54, 1.807) is 17.0 Å². The summed E-state index contributed by atoms with van der Waals surface area (Å²) < 4.78 is 28.0. The number of aromatic nitrogens is 1. The van der Waals surface area contributed by atoms with Crippen LogP contribution in [0.15, 0.2) is 34.6 Å². The van der Waals surface area contributed by atoms with Crippen LogP contribution in [0.4, 0.5) is 19.3 Å². The number of alkyl halides is 2. The van der Waals surface area contributed by atoms with Crippen molar-refractivity contribution in [2.45, 2.75) is 38.5 Å². The number of urea groups is 1. The number of amides is 3. The third-order valence-corrected chi connectivity index (χ3v) is 7.32. The predicted molar refractivity (Wildman–Crippen MR) is 140 cm³/mol. The summed E-state index contributed by atoms with van der Waals surface area (Å²) in [6.07, 6.45) is 2.66. The molecule has 0 aliphatic carbocycles. The molecule has 2 aliphatic heterocycles. The molecule has 0 spiro atoms. The molecule has 3 heterocycles. The van der Waals surface area contributed by atoms with Crippen LogP contribution in [0.3, 0.4) is 0 Å². The summed E-state index contributed by atoms with van der Waals surface area (Å²) in [7, 11) is 1.46. The molecule has 11 heteroatoms. The summed E-state index contributed by atoms with van der Waals surface area (Å²) in [5.41, 5.74) is 2.83. The standard InChI is InChI=1S/C27H28ClF2N5O3/c1-17-19(11-18-3-7-34(8-4-18)26(38)35-9-5-27(29,30)6-10-35)12-21(28)15-23(17)32-25(37)20-13-22(16-31)33(2)24(36)14-20/h11-15H,3-10H2,1-2H3,(H,32,37). The number of carbonyl (C=O) groups is 2. The van der Waals surface area contributed by atoms with Crippen LogP contribution in [0.25, 0.3) is 6.08 Å². The van der Waals surface area contributed by atoms with E-state index in [1.165, 1.54) is 24.1 Å². The number of hydrogen-bond donors (Lipinski definition) is 1. The molecule has 4 rings (SSSR count). The lowest BCUT2D eigenvalue weighted by atomic mass is 9.98. The molecule has 2 saturated heterocycles. The number of carbonyl (C=O) groups excluding carboxylic acids is 2. The third kappa shape index (κ3) is 6.05. The Labute approximate surface area is 224 Å². The lowest BCUT2D eigenvalue weighted by Crippen LogP contribution is -2.50. The van der Waals surface area contributed by atoms with E-state index in [1.807, 2.05) is 19.1 Å². The Kier molecular flexibility index (Phi) is 7.88. The molecule has 0 saturated carbocycles. The van der Waals surface area contributed by atoms with Gasteiger partial charge in [-0.1, -0.05) is 23.3 Å². The van der Waals surface area contributed by atoms with Gasteiger partial charge in [0.25, 0.3) is 17.4 Å². The Balaban J connectivity index is 1.45. The molecule has 1 aromatic carbocycles. The number of anilines is 1. The van der Waals surface area contributed by atoms with Gasteiger partial charge in [0.15, 0.2) is 0 Å². The van der Waals surface area contributed by atoms with E-state index in [4.69, 9.17) is 11.6 Å². The topological polar surface area (TPSA) is 98.4 Å². The van der Waals surface area contributed by atoms with E-state index in [2.05, 4.69) is 5.32 Å². The fourth-order valence-corrected chi connectivity index (χ4v) is 4.85. The van der Waals surface area contributed by atoms with Crippen molar-refractivity contribution in [1.82, 2.24) is 14.4 Å². The minimum atomic E-state index is -2.69. The van der Waals surface area contributed by atoms with Crippen LogP contribution in [0, 0.1) is 18.3 Å². The van der Waals surface area contributed by atoms with Crippen LogP contribution in [-0.4, -0.2) is 58.4 Å². The summed E-state index contributed by atoms with van der Waals surface area (Å²) in [6.45, 7) is 2.96. The lowest BCUT2D eigenvalue weighted by Gasteiger charge is -2.37. The molecule has 0 bridgehead atoms. The van der Waals surface area contributed by atoms with Crippen LogP contribution >= 0.6 is 11.6 Å². The fraction of sp³-hybridized carbons (Fsp3) is 0.407. The molecule has 1 N–H and O–H groups in total. The van der Waals surface area contributed by atoms with Gasteiger partial charge in [-0.25, -0.2) is 13.6 Å². The highest BCUT2D eigenvalue weighted by Crippen LogP contribution is 2.31. The average Bonchev–Trinajstić information content (AvgIpc) is 2.88. The van der Waals surface area contributed by atoms with Crippen molar-refractivity contribution in [3.05, 3.63) is 67.6 Å². The second kappa shape index (κ2) is 11.0. The van der Waals surface area contributed by atoms with Gasteiger partial charge in [-0.15, -0.1) is 0 Å². The van der Waals surface area contributed by atoms with Gasteiger partial charge in [0.1, 0.15) is 11.8 Å². The number of halogens is 3. The first kappa shape index (κ1) is 27.3. The first-order valence-electron chi connectivity index (χ1n) is 12.3. The van der Waals surface area contributed by atoms with Crippen LogP contribution in [0.5, 0.6) is 0 Å². The van der Waals surface area contributed by atoms with Crippen LogP contribution in [0.2, 0.25) is 5.02 Å². The van der Waals surface area contributed by atoms with E-state index in [-0.39, 0.29) is 43.2 Å². The highest BCUT2D eigenvalue weighted by Gasteiger charge is 2.37. The van der Waals surface area contributed by atoms with Crippen LogP contribution in [0.1, 0.15) is 52.9 Å². The fourth-order valence-electron chi connectivity index (χ4n) is 4.62. The predicted octanol–water partition coefficient (Wildman–Crippen LogP) is 4.80. The molecule has 1 aromatic heterocycles. The summed E-state index contributed by atoms with van der Waals surface area (Å²) in [5, 5.41) is 12.4. The molecule has 200 valence electrons. The first-order valence-corrected chi connectivity index (χ1v) is 12.7. The Hall–Kier alpha value is -3.71. The number of nitriles is 1. The normalized spacial score (nSPS) is 17.1. The van der Waals surface area contributed by atoms with E-state index < -0.39 is 17.4 Å². The number of pyridine rings is 1.